The minimum Gasteiger partial charge on any atom is -0.480 e. The van der Waals surface area contributed by atoms with Gasteiger partial charge in [0.25, 0.3) is 0 Å². The van der Waals surface area contributed by atoms with Gasteiger partial charge in [0.2, 0.25) is 0 Å². The highest BCUT2D eigenvalue weighted by molar-refractivity contribution is 4.79. The van der Waals surface area contributed by atoms with E-state index < -0.39 is 0 Å². The number of nitrogens with one attached hydrogen (secondary N) is 1. The average molecular weight is 129 g/mol. The first-order valence-electron chi connectivity index (χ1n) is 3.25. The summed E-state index contributed by atoms with van der Waals surface area (Å²) >= 11 is 0. The fraction of sp³-hybridized carbons (Fsp3) is 0.714. The highest BCUT2D eigenvalue weighted by Crippen LogP contribution is 1.89. The van der Waals surface area contributed by atoms with Crippen LogP contribution in [0.5, 0.6) is 0 Å². The normalized spacial score (nSPS) is 9.33. The molecule has 0 aliphatic heterocycles. The van der Waals surface area contributed by atoms with E-state index >= 15 is 0 Å². The van der Waals surface area contributed by atoms with E-state index in [1.54, 1.807) is 0 Å². The van der Waals surface area contributed by atoms with Crippen LogP contribution >= 0.6 is 0 Å². The Labute approximate surface area is 56.9 Å². The average Bonchev–Trinajstić information content (AvgIpc) is 1.63. The van der Waals surface area contributed by atoms with Crippen LogP contribution in [0.25, 0.3) is 0 Å². The minimum absolute atomic E-state index is 0.407. The SMILES string of the molecule is C=C(NC(C)C)OCC. The monoisotopic (exact) mass is 129 g/mol. The molecule has 2 heteroatoms. The molecule has 0 unspecified atom stereocenters. The van der Waals surface area contributed by atoms with E-state index in [0.29, 0.717) is 18.5 Å². The molecule has 0 radical (unpaired) electrons. The van der Waals surface area contributed by atoms with E-state index in [1.165, 1.54) is 0 Å². The van der Waals surface area contributed by atoms with Crippen LogP contribution < -0.4 is 5.32 Å². The molecule has 0 bridgehead atoms. The molecule has 0 amide bonds. The second-order valence-electron chi connectivity index (χ2n) is 2.16. The van der Waals surface area contributed by atoms with Crippen molar-refractivity contribution < 1.29 is 4.74 Å². The Morgan fingerprint density at radius 3 is 2.56 bits per heavy atom. The second-order valence-corrected chi connectivity index (χ2v) is 2.16. The van der Waals surface area contributed by atoms with Crippen LogP contribution in [0.4, 0.5) is 0 Å². The fourth-order valence-electron chi connectivity index (χ4n) is 0.538. The Morgan fingerprint density at radius 1 is 1.67 bits per heavy atom. The highest BCUT2D eigenvalue weighted by Gasteiger charge is 1.93. The number of rotatable bonds is 4. The maximum Gasteiger partial charge on any atom is 0.179 e. The van der Waals surface area contributed by atoms with E-state index in [4.69, 9.17) is 4.74 Å². The van der Waals surface area contributed by atoms with Gasteiger partial charge in [0.1, 0.15) is 0 Å². The topological polar surface area (TPSA) is 21.3 Å². The van der Waals surface area contributed by atoms with Crippen molar-refractivity contribution in [2.24, 2.45) is 0 Å². The molecule has 0 aliphatic rings. The second kappa shape index (κ2) is 4.24. The molecule has 54 valence electrons. The third-order valence-corrected chi connectivity index (χ3v) is 0.768. The zero-order valence-corrected chi connectivity index (χ0v) is 6.40. The first-order chi connectivity index (χ1) is 4.16. The molecule has 0 rings (SSSR count). The lowest BCUT2D eigenvalue weighted by Gasteiger charge is -2.11. The van der Waals surface area contributed by atoms with Gasteiger partial charge in [0, 0.05) is 6.04 Å². The molecule has 0 aromatic rings. The van der Waals surface area contributed by atoms with Crippen LogP contribution in [0.1, 0.15) is 20.8 Å². The third kappa shape index (κ3) is 5.21. The first-order valence-corrected chi connectivity index (χ1v) is 3.25. The molecule has 0 fully saturated rings. The zero-order chi connectivity index (χ0) is 7.28. The number of hydrogen-bond donors (Lipinski definition) is 1. The van der Waals surface area contributed by atoms with E-state index in [-0.39, 0.29) is 0 Å². The predicted octanol–water partition coefficient (Wildman–Crippen LogP) is 1.49. The molecule has 0 aliphatic carbocycles. The summed E-state index contributed by atoms with van der Waals surface area (Å²) in [7, 11) is 0. The minimum atomic E-state index is 0.407. The predicted molar refractivity (Wildman–Crippen MR) is 39.0 cm³/mol. The summed E-state index contributed by atoms with van der Waals surface area (Å²) in [6, 6.07) is 0.407. The van der Waals surface area contributed by atoms with Crippen molar-refractivity contribution in [3.05, 3.63) is 12.5 Å². The molecule has 0 aromatic heterocycles. The van der Waals surface area contributed by atoms with Crippen molar-refractivity contribution in [2.75, 3.05) is 6.61 Å². The van der Waals surface area contributed by atoms with Crippen LogP contribution in [-0.4, -0.2) is 12.6 Å². The standard InChI is InChI=1S/C7H15NO/c1-5-9-7(4)8-6(2)3/h6,8H,4-5H2,1-3H3. The molecule has 0 saturated carbocycles. The molecular formula is C7H15NO. The van der Waals surface area contributed by atoms with Crippen LogP contribution in [0.2, 0.25) is 0 Å². The zero-order valence-electron chi connectivity index (χ0n) is 6.40. The van der Waals surface area contributed by atoms with Gasteiger partial charge in [-0.25, -0.2) is 0 Å². The lowest BCUT2D eigenvalue weighted by Crippen LogP contribution is -2.22. The maximum atomic E-state index is 5.05. The van der Waals surface area contributed by atoms with Gasteiger partial charge in [-0.05, 0) is 27.4 Å². The van der Waals surface area contributed by atoms with Gasteiger partial charge >= 0.3 is 0 Å². The van der Waals surface area contributed by atoms with Crippen LogP contribution in [0.15, 0.2) is 12.5 Å². The summed E-state index contributed by atoms with van der Waals surface area (Å²) < 4.78 is 5.05. The maximum absolute atomic E-state index is 5.05. The summed E-state index contributed by atoms with van der Waals surface area (Å²) in [5, 5.41) is 3.03. The summed E-state index contributed by atoms with van der Waals surface area (Å²) in [4.78, 5) is 0. The third-order valence-electron chi connectivity index (χ3n) is 0.768. The molecule has 0 heterocycles. The number of hydrogen-bond acceptors (Lipinski definition) is 2. The van der Waals surface area contributed by atoms with E-state index in [9.17, 15) is 0 Å². The fourth-order valence-corrected chi connectivity index (χ4v) is 0.538. The van der Waals surface area contributed by atoms with E-state index in [2.05, 4.69) is 11.9 Å². The van der Waals surface area contributed by atoms with Gasteiger partial charge in [-0.2, -0.15) is 0 Å². The van der Waals surface area contributed by atoms with Crippen LogP contribution in [0, 0.1) is 0 Å². The van der Waals surface area contributed by atoms with Crippen molar-refractivity contribution in [3.63, 3.8) is 0 Å². The van der Waals surface area contributed by atoms with Gasteiger partial charge < -0.3 is 10.1 Å². The highest BCUT2D eigenvalue weighted by atomic mass is 16.5. The Morgan fingerprint density at radius 2 is 2.22 bits per heavy atom. The summed E-state index contributed by atoms with van der Waals surface area (Å²) in [5.74, 6) is 0.660. The molecular weight excluding hydrogens is 114 g/mol. The van der Waals surface area contributed by atoms with E-state index in [1.807, 2.05) is 20.8 Å². The molecule has 0 saturated heterocycles. The van der Waals surface area contributed by atoms with Crippen molar-refractivity contribution >= 4 is 0 Å². The van der Waals surface area contributed by atoms with Crippen molar-refractivity contribution in [1.82, 2.24) is 5.32 Å². The number of ether oxygens (including phenoxy) is 1. The summed E-state index contributed by atoms with van der Waals surface area (Å²) in [6.45, 7) is 10.4. The molecule has 2 nitrogen and oxygen atoms in total. The van der Waals surface area contributed by atoms with Crippen molar-refractivity contribution in [2.45, 2.75) is 26.8 Å². The smallest absolute Gasteiger partial charge is 0.179 e. The van der Waals surface area contributed by atoms with Crippen LogP contribution in [0.3, 0.4) is 0 Å². The molecule has 0 aromatic carbocycles. The largest absolute Gasteiger partial charge is 0.480 e. The Kier molecular flexibility index (Phi) is 3.93. The van der Waals surface area contributed by atoms with Gasteiger partial charge in [-0.1, -0.05) is 0 Å². The Balaban J connectivity index is 3.27. The summed E-state index contributed by atoms with van der Waals surface area (Å²) in [5.41, 5.74) is 0. The lowest BCUT2D eigenvalue weighted by molar-refractivity contribution is 0.202. The molecule has 9 heavy (non-hydrogen) atoms. The Bertz CT molecular complexity index is 88.9. The van der Waals surface area contributed by atoms with Gasteiger partial charge in [-0.3, -0.25) is 0 Å². The first kappa shape index (κ1) is 8.34. The van der Waals surface area contributed by atoms with Crippen LogP contribution in [-0.2, 0) is 4.74 Å². The quantitative estimate of drug-likeness (QED) is 0.581. The van der Waals surface area contributed by atoms with Gasteiger partial charge in [0.15, 0.2) is 5.88 Å². The lowest BCUT2D eigenvalue weighted by atomic mass is 10.4. The van der Waals surface area contributed by atoms with Crippen molar-refractivity contribution in [1.29, 1.82) is 0 Å². The van der Waals surface area contributed by atoms with Gasteiger partial charge in [0.05, 0.1) is 6.61 Å². The molecule has 0 spiro atoms. The summed E-state index contributed by atoms with van der Waals surface area (Å²) in [6.07, 6.45) is 0. The van der Waals surface area contributed by atoms with Crippen molar-refractivity contribution in [3.8, 4) is 0 Å². The molecule has 0 atom stereocenters. The van der Waals surface area contributed by atoms with Gasteiger partial charge in [-0.15, -0.1) is 0 Å². The van der Waals surface area contributed by atoms with E-state index in [0.717, 1.165) is 0 Å². The molecule has 1 N–H and O–H groups in total. The Hall–Kier alpha value is -0.660.